The standard InChI is InChI=1S/C21H22N2O4/c1-16-6-8-17(9-7-16)26-14-13-22(2)21(25)19-11-10-18(27-19)15-23-12-4-3-5-20(23)24/h3-12H,13-15H2,1-2H3. The Morgan fingerprint density at radius 3 is 2.63 bits per heavy atom. The van der Waals surface area contributed by atoms with Crippen molar-refractivity contribution in [3.05, 3.63) is 88.2 Å². The number of hydrogen-bond acceptors (Lipinski definition) is 4. The molecule has 0 unspecified atom stereocenters. The van der Waals surface area contributed by atoms with E-state index in [9.17, 15) is 9.59 Å². The highest BCUT2D eigenvalue weighted by molar-refractivity contribution is 5.91. The molecule has 0 fully saturated rings. The Hall–Kier alpha value is -3.28. The Balaban J connectivity index is 1.54. The quantitative estimate of drug-likeness (QED) is 0.645. The second-order valence-corrected chi connectivity index (χ2v) is 6.32. The van der Waals surface area contributed by atoms with Crippen molar-refractivity contribution in [3.8, 4) is 5.75 Å². The van der Waals surface area contributed by atoms with Gasteiger partial charge in [0.1, 0.15) is 18.1 Å². The van der Waals surface area contributed by atoms with E-state index in [0.29, 0.717) is 18.9 Å². The number of carbonyl (C=O) groups is 1. The number of likely N-dealkylation sites (N-methyl/N-ethyl adjacent to an activating group) is 1. The first-order valence-electron chi connectivity index (χ1n) is 8.72. The minimum atomic E-state index is -0.228. The van der Waals surface area contributed by atoms with Crippen LogP contribution in [0, 0.1) is 6.92 Å². The fourth-order valence-electron chi connectivity index (χ4n) is 2.56. The van der Waals surface area contributed by atoms with Crippen LogP contribution in [0.15, 0.2) is 70.0 Å². The lowest BCUT2D eigenvalue weighted by Crippen LogP contribution is -2.30. The maximum Gasteiger partial charge on any atom is 0.289 e. The number of carbonyl (C=O) groups excluding carboxylic acids is 1. The molecule has 3 aromatic rings. The molecule has 0 aliphatic rings. The van der Waals surface area contributed by atoms with Gasteiger partial charge in [-0.25, -0.2) is 0 Å². The smallest absolute Gasteiger partial charge is 0.289 e. The molecule has 6 nitrogen and oxygen atoms in total. The zero-order chi connectivity index (χ0) is 19.2. The highest BCUT2D eigenvalue weighted by atomic mass is 16.5. The van der Waals surface area contributed by atoms with Gasteiger partial charge in [0.25, 0.3) is 11.5 Å². The maximum atomic E-state index is 12.5. The van der Waals surface area contributed by atoms with Gasteiger partial charge >= 0.3 is 0 Å². The van der Waals surface area contributed by atoms with Crippen molar-refractivity contribution >= 4 is 5.91 Å². The molecule has 1 aromatic carbocycles. The van der Waals surface area contributed by atoms with Gasteiger partial charge in [-0.3, -0.25) is 9.59 Å². The van der Waals surface area contributed by atoms with E-state index in [0.717, 1.165) is 5.75 Å². The third kappa shape index (κ3) is 4.88. The predicted octanol–water partition coefficient (Wildman–Crippen LogP) is 2.95. The molecule has 0 N–H and O–H groups in total. The van der Waals surface area contributed by atoms with E-state index in [1.165, 1.54) is 16.2 Å². The van der Waals surface area contributed by atoms with Gasteiger partial charge in [-0.1, -0.05) is 23.8 Å². The number of hydrogen-bond donors (Lipinski definition) is 0. The summed E-state index contributed by atoms with van der Waals surface area (Å²) in [6, 6.07) is 16.0. The monoisotopic (exact) mass is 366 g/mol. The number of ether oxygens (including phenoxy) is 1. The first-order chi connectivity index (χ1) is 13.0. The van der Waals surface area contributed by atoms with Gasteiger partial charge in [-0.15, -0.1) is 0 Å². The zero-order valence-electron chi connectivity index (χ0n) is 15.4. The van der Waals surface area contributed by atoms with Crippen LogP contribution >= 0.6 is 0 Å². The number of furan rings is 1. The molecule has 6 heteroatoms. The molecule has 0 aliphatic carbocycles. The molecule has 2 heterocycles. The van der Waals surface area contributed by atoms with Crippen LogP contribution in [0.5, 0.6) is 5.75 Å². The van der Waals surface area contributed by atoms with Crippen LogP contribution in [0.3, 0.4) is 0 Å². The van der Waals surface area contributed by atoms with Crippen LogP contribution in [0.4, 0.5) is 0 Å². The number of amides is 1. The summed E-state index contributed by atoms with van der Waals surface area (Å²) in [6.45, 7) is 3.12. The van der Waals surface area contributed by atoms with Gasteiger partial charge in [0.2, 0.25) is 0 Å². The van der Waals surface area contributed by atoms with Crippen molar-refractivity contribution in [1.29, 1.82) is 0 Å². The number of benzene rings is 1. The number of aryl methyl sites for hydroxylation is 1. The lowest BCUT2D eigenvalue weighted by atomic mass is 10.2. The average Bonchev–Trinajstić information content (AvgIpc) is 3.13. The lowest BCUT2D eigenvalue weighted by Gasteiger charge is -2.16. The molecule has 1 amide bonds. The molecule has 27 heavy (non-hydrogen) atoms. The number of rotatable bonds is 7. The van der Waals surface area contributed by atoms with Crippen molar-refractivity contribution in [2.75, 3.05) is 20.2 Å². The molecule has 3 rings (SSSR count). The average molecular weight is 366 g/mol. The number of pyridine rings is 1. The minimum Gasteiger partial charge on any atom is -0.492 e. The summed E-state index contributed by atoms with van der Waals surface area (Å²) < 4.78 is 12.8. The minimum absolute atomic E-state index is 0.118. The van der Waals surface area contributed by atoms with Gasteiger partial charge in [-0.05, 0) is 37.3 Å². The van der Waals surface area contributed by atoms with Crippen molar-refractivity contribution in [2.24, 2.45) is 0 Å². The molecule has 0 saturated heterocycles. The fraction of sp³-hybridized carbons (Fsp3) is 0.238. The Kier molecular flexibility index (Phi) is 5.76. The normalized spacial score (nSPS) is 10.6. The van der Waals surface area contributed by atoms with Crippen LogP contribution in [0.25, 0.3) is 0 Å². The largest absolute Gasteiger partial charge is 0.492 e. The van der Waals surface area contributed by atoms with E-state index >= 15 is 0 Å². The van der Waals surface area contributed by atoms with Crippen LogP contribution in [0.2, 0.25) is 0 Å². The predicted molar refractivity (Wildman–Crippen MR) is 102 cm³/mol. The summed E-state index contributed by atoms with van der Waals surface area (Å²) in [7, 11) is 1.70. The van der Waals surface area contributed by atoms with E-state index in [1.807, 2.05) is 31.2 Å². The molecule has 0 aliphatic heterocycles. The zero-order valence-corrected chi connectivity index (χ0v) is 15.4. The number of nitrogens with zero attached hydrogens (tertiary/aromatic N) is 2. The molecular formula is C21H22N2O4. The lowest BCUT2D eigenvalue weighted by molar-refractivity contribution is 0.0740. The molecule has 140 valence electrons. The van der Waals surface area contributed by atoms with Gasteiger partial charge in [0, 0.05) is 19.3 Å². The fourth-order valence-corrected chi connectivity index (χ4v) is 2.56. The molecule has 2 aromatic heterocycles. The highest BCUT2D eigenvalue weighted by Gasteiger charge is 2.16. The van der Waals surface area contributed by atoms with E-state index in [4.69, 9.17) is 9.15 Å². The van der Waals surface area contributed by atoms with Crippen LogP contribution in [0.1, 0.15) is 21.9 Å². The van der Waals surface area contributed by atoms with Crippen LogP contribution < -0.4 is 10.3 Å². The molecule has 0 spiro atoms. The summed E-state index contributed by atoms with van der Waals surface area (Å²) in [6.07, 6.45) is 1.68. The Morgan fingerprint density at radius 2 is 1.89 bits per heavy atom. The highest BCUT2D eigenvalue weighted by Crippen LogP contribution is 2.13. The van der Waals surface area contributed by atoms with Gasteiger partial charge in [-0.2, -0.15) is 0 Å². The molecular weight excluding hydrogens is 344 g/mol. The molecule has 0 radical (unpaired) electrons. The van der Waals surface area contributed by atoms with Gasteiger partial charge < -0.3 is 18.6 Å². The first-order valence-corrected chi connectivity index (χ1v) is 8.72. The molecule has 0 saturated carbocycles. The van der Waals surface area contributed by atoms with Gasteiger partial charge in [0.05, 0.1) is 13.1 Å². The second-order valence-electron chi connectivity index (χ2n) is 6.32. The SMILES string of the molecule is Cc1ccc(OCCN(C)C(=O)c2ccc(Cn3ccccc3=O)o2)cc1. The summed E-state index contributed by atoms with van der Waals surface area (Å²) in [5.74, 6) is 1.34. The topological polar surface area (TPSA) is 64.7 Å². The number of aromatic nitrogens is 1. The van der Waals surface area contributed by atoms with Crippen molar-refractivity contribution < 1.29 is 13.9 Å². The Labute approximate surface area is 157 Å². The third-order valence-corrected chi connectivity index (χ3v) is 4.16. The summed E-state index contributed by atoms with van der Waals surface area (Å²) in [5.41, 5.74) is 1.05. The Bertz CT molecular complexity index is 957. The third-order valence-electron chi connectivity index (χ3n) is 4.16. The van der Waals surface area contributed by atoms with Crippen molar-refractivity contribution in [2.45, 2.75) is 13.5 Å². The van der Waals surface area contributed by atoms with E-state index in [2.05, 4.69) is 0 Å². The summed E-state index contributed by atoms with van der Waals surface area (Å²) >= 11 is 0. The maximum absolute atomic E-state index is 12.5. The molecule has 0 bridgehead atoms. The van der Waals surface area contributed by atoms with E-state index in [-0.39, 0.29) is 23.8 Å². The Morgan fingerprint density at radius 1 is 1.11 bits per heavy atom. The van der Waals surface area contributed by atoms with Crippen molar-refractivity contribution in [1.82, 2.24) is 9.47 Å². The van der Waals surface area contributed by atoms with Crippen molar-refractivity contribution in [3.63, 3.8) is 0 Å². The van der Waals surface area contributed by atoms with E-state index in [1.54, 1.807) is 42.4 Å². The summed E-state index contributed by atoms with van der Waals surface area (Å²) in [4.78, 5) is 25.8. The van der Waals surface area contributed by atoms with E-state index < -0.39 is 0 Å². The van der Waals surface area contributed by atoms with Gasteiger partial charge in [0.15, 0.2) is 5.76 Å². The van der Waals surface area contributed by atoms with Crippen LogP contribution in [-0.2, 0) is 6.54 Å². The molecule has 0 atom stereocenters. The second kappa shape index (κ2) is 8.40. The summed E-state index contributed by atoms with van der Waals surface area (Å²) in [5, 5.41) is 0. The van der Waals surface area contributed by atoms with Crippen LogP contribution in [-0.4, -0.2) is 35.6 Å². The first kappa shape index (κ1) is 18.5.